The molecule has 1 aromatic carbocycles. The Bertz CT molecular complexity index is 400. The molecule has 0 bridgehead atoms. The van der Waals surface area contributed by atoms with Gasteiger partial charge in [-0.1, -0.05) is 50.4 Å². The average Bonchev–Trinajstić information content (AvgIpc) is 2.31. The monoisotopic (exact) mass is 265 g/mol. The molecule has 1 unspecified atom stereocenters. The van der Waals surface area contributed by atoms with Crippen molar-refractivity contribution in [3.05, 3.63) is 34.9 Å². The van der Waals surface area contributed by atoms with E-state index in [0.717, 1.165) is 5.02 Å². The van der Waals surface area contributed by atoms with Gasteiger partial charge < -0.3 is 5.32 Å². The molecule has 1 aliphatic rings. The van der Waals surface area contributed by atoms with E-state index in [1.165, 1.54) is 31.2 Å². The van der Waals surface area contributed by atoms with E-state index in [9.17, 15) is 0 Å². The molecule has 2 rings (SSSR count). The standard InChI is InChI=1S/C16H24ClN/c1-12(13-7-6-8-14(17)11-13)18-15-9-4-5-10-16(15,2)3/h6-8,11-12,15,18H,4-5,9-10H2,1-3H3/t12-,15?/m0/s1. The van der Waals surface area contributed by atoms with Gasteiger partial charge in [0.1, 0.15) is 0 Å². The second-order valence-electron chi connectivity index (χ2n) is 6.23. The maximum absolute atomic E-state index is 6.06. The molecule has 0 radical (unpaired) electrons. The van der Waals surface area contributed by atoms with Crippen LogP contribution in [0, 0.1) is 5.41 Å². The molecule has 0 spiro atoms. The predicted octanol–water partition coefficient (Wildman–Crippen LogP) is 4.96. The first-order valence-corrected chi connectivity index (χ1v) is 7.38. The highest BCUT2D eigenvalue weighted by Crippen LogP contribution is 2.36. The Morgan fingerprint density at radius 3 is 2.78 bits per heavy atom. The van der Waals surface area contributed by atoms with Gasteiger partial charge in [0.15, 0.2) is 0 Å². The van der Waals surface area contributed by atoms with Gasteiger partial charge in [0.2, 0.25) is 0 Å². The lowest BCUT2D eigenvalue weighted by Gasteiger charge is -2.41. The number of hydrogen-bond donors (Lipinski definition) is 1. The van der Waals surface area contributed by atoms with Gasteiger partial charge in [-0.25, -0.2) is 0 Å². The molecule has 0 amide bonds. The van der Waals surface area contributed by atoms with E-state index in [1.807, 2.05) is 12.1 Å². The summed E-state index contributed by atoms with van der Waals surface area (Å²) in [4.78, 5) is 0. The first-order valence-electron chi connectivity index (χ1n) is 7.00. The molecule has 1 nitrogen and oxygen atoms in total. The van der Waals surface area contributed by atoms with Crippen LogP contribution in [0.3, 0.4) is 0 Å². The molecule has 2 heteroatoms. The topological polar surface area (TPSA) is 12.0 Å². The fraction of sp³-hybridized carbons (Fsp3) is 0.625. The zero-order chi connectivity index (χ0) is 13.2. The van der Waals surface area contributed by atoms with E-state index in [2.05, 4.69) is 38.2 Å². The minimum atomic E-state index is 0.367. The van der Waals surface area contributed by atoms with Gasteiger partial charge in [-0.3, -0.25) is 0 Å². The van der Waals surface area contributed by atoms with Crippen molar-refractivity contribution in [3.63, 3.8) is 0 Å². The van der Waals surface area contributed by atoms with Gasteiger partial charge in [0, 0.05) is 17.1 Å². The van der Waals surface area contributed by atoms with Crippen molar-refractivity contribution in [3.8, 4) is 0 Å². The Balaban J connectivity index is 2.04. The predicted molar refractivity (Wildman–Crippen MR) is 79.0 cm³/mol. The van der Waals surface area contributed by atoms with Crippen LogP contribution in [-0.4, -0.2) is 6.04 Å². The van der Waals surface area contributed by atoms with E-state index < -0.39 is 0 Å². The van der Waals surface area contributed by atoms with Crippen molar-refractivity contribution in [2.24, 2.45) is 5.41 Å². The highest BCUT2D eigenvalue weighted by atomic mass is 35.5. The second kappa shape index (κ2) is 5.63. The Kier molecular flexibility index (Phi) is 4.34. The number of hydrogen-bond acceptors (Lipinski definition) is 1. The Morgan fingerprint density at radius 2 is 2.11 bits per heavy atom. The summed E-state index contributed by atoms with van der Waals surface area (Å²) in [5.41, 5.74) is 1.69. The highest BCUT2D eigenvalue weighted by molar-refractivity contribution is 6.30. The molecule has 18 heavy (non-hydrogen) atoms. The van der Waals surface area contributed by atoms with Crippen LogP contribution in [0.1, 0.15) is 58.1 Å². The summed E-state index contributed by atoms with van der Waals surface area (Å²) < 4.78 is 0. The van der Waals surface area contributed by atoms with Gasteiger partial charge in [-0.15, -0.1) is 0 Å². The first-order chi connectivity index (χ1) is 8.49. The molecule has 1 aromatic rings. The number of nitrogens with one attached hydrogen (secondary N) is 1. The van der Waals surface area contributed by atoms with E-state index in [4.69, 9.17) is 11.6 Å². The molecule has 1 N–H and O–H groups in total. The van der Waals surface area contributed by atoms with Crippen molar-refractivity contribution < 1.29 is 0 Å². The lowest BCUT2D eigenvalue weighted by Crippen LogP contribution is -2.45. The molecule has 0 aromatic heterocycles. The maximum Gasteiger partial charge on any atom is 0.0409 e. The molecule has 1 aliphatic carbocycles. The Morgan fingerprint density at radius 1 is 1.33 bits per heavy atom. The van der Waals surface area contributed by atoms with Gasteiger partial charge in [0.25, 0.3) is 0 Å². The van der Waals surface area contributed by atoms with Gasteiger partial charge in [-0.05, 0) is 42.9 Å². The maximum atomic E-state index is 6.06. The summed E-state index contributed by atoms with van der Waals surface area (Å²) >= 11 is 6.06. The average molecular weight is 266 g/mol. The molecular weight excluding hydrogens is 242 g/mol. The van der Waals surface area contributed by atoms with Gasteiger partial charge >= 0.3 is 0 Å². The summed E-state index contributed by atoms with van der Waals surface area (Å²) in [5.74, 6) is 0. The summed E-state index contributed by atoms with van der Waals surface area (Å²) in [6.07, 6.45) is 5.34. The molecule has 1 saturated carbocycles. The summed E-state index contributed by atoms with van der Waals surface area (Å²) in [6.45, 7) is 7.00. The molecule has 100 valence electrons. The fourth-order valence-corrected chi connectivity index (χ4v) is 3.18. The van der Waals surface area contributed by atoms with Crippen LogP contribution in [-0.2, 0) is 0 Å². The summed E-state index contributed by atoms with van der Waals surface area (Å²) in [5, 5.41) is 4.62. The van der Waals surface area contributed by atoms with Crippen LogP contribution in [0.4, 0.5) is 0 Å². The zero-order valence-corrected chi connectivity index (χ0v) is 12.4. The molecule has 0 saturated heterocycles. The number of rotatable bonds is 3. The van der Waals surface area contributed by atoms with Crippen molar-refractivity contribution in [2.75, 3.05) is 0 Å². The lowest BCUT2D eigenvalue weighted by atomic mass is 9.73. The minimum absolute atomic E-state index is 0.367. The fourth-order valence-electron chi connectivity index (χ4n) is 2.98. The highest BCUT2D eigenvalue weighted by Gasteiger charge is 2.32. The van der Waals surface area contributed by atoms with Gasteiger partial charge in [-0.2, -0.15) is 0 Å². The SMILES string of the molecule is C[C@H](NC1CCCCC1(C)C)c1cccc(Cl)c1. The molecule has 2 atom stereocenters. The van der Waals surface area contributed by atoms with Crippen LogP contribution in [0.25, 0.3) is 0 Å². The largest absolute Gasteiger partial charge is 0.307 e. The van der Waals surface area contributed by atoms with Crippen molar-refractivity contribution in [1.29, 1.82) is 0 Å². The Hall–Kier alpha value is -0.530. The van der Waals surface area contributed by atoms with Crippen LogP contribution in [0.5, 0.6) is 0 Å². The van der Waals surface area contributed by atoms with E-state index in [-0.39, 0.29) is 0 Å². The minimum Gasteiger partial charge on any atom is -0.307 e. The van der Waals surface area contributed by atoms with Crippen LogP contribution in [0.2, 0.25) is 5.02 Å². The van der Waals surface area contributed by atoms with Crippen LogP contribution < -0.4 is 5.32 Å². The van der Waals surface area contributed by atoms with Gasteiger partial charge in [0.05, 0.1) is 0 Å². The summed E-state index contributed by atoms with van der Waals surface area (Å²) in [7, 11) is 0. The van der Waals surface area contributed by atoms with E-state index >= 15 is 0 Å². The van der Waals surface area contributed by atoms with E-state index in [1.54, 1.807) is 0 Å². The van der Waals surface area contributed by atoms with Crippen molar-refractivity contribution >= 4 is 11.6 Å². The third kappa shape index (κ3) is 3.27. The van der Waals surface area contributed by atoms with Crippen molar-refractivity contribution in [1.82, 2.24) is 5.32 Å². The number of benzene rings is 1. The summed E-state index contributed by atoms with van der Waals surface area (Å²) in [6, 6.07) is 9.16. The zero-order valence-electron chi connectivity index (χ0n) is 11.7. The lowest BCUT2D eigenvalue weighted by molar-refractivity contribution is 0.157. The van der Waals surface area contributed by atoms with Crippen LogP contribution in [0.15, 0.2) is 24.3 Å². The third-order valence-corrected chi connectivity index (χ3v) is 4.54. The first kappa shape index (κ1) is 13.9. The third-order valence-electron chi connectivity index (χ3n) is 4.31. The van der Waals surface area contributed by atoms with E-state index in [0.29, 0.717) is 17.5 Å². The smallest absolute Gasteiger partial charge is 0.0409 e. The quantitative estimate of drug-likeness (QED) is 0.815. The molecular formula is C16H24ClN. The Labute approximate surface area is 116 Å². The molecule has 1 fully saturated rings. The molecule has 0 heterocycles. The van der Waals surface area contributed by atoms with Crippen LogP contribution >= 0.6 is 11.6 Å². The number of halogens is 1. The second-order valence-corrected chi connectivity index (χ2v) is 6.67. The van der Waals surface area contributed by atoms with Crippen molar-refractivity contribution in [2.45, 2.75) is 58.5 Å². The normalized spacial score (nSPS) is 24.8. The molecule has 0 aliphatic heterocycles.